The van der Waals surface area contributed by atoms with E-state index >= 15 is 0 Å². The Morgan fingerprint density at radius 2 is 2.22 bits per heavy atom. The third kappa shape index (κ3) is 5.51. The van der Waals surface area contributed by atoms with Crippen LogP contribution in [0.5, 0.6) is 0 Å². The number of hydrogen-bond donors (Lipinski definition) is 1. The van der Waals surface area contributed by atoms with Crippen molar-refractivity contribution in [3.8, 4) is 0 Å². The molecular weight excluding hydrogens is 228 g/mol. The molecule has 1 rings (SSSR count). The van der Waals surface area contributed by atoms with Crippen molar-refractivity contribution in [2.45, 2.75) is 20.4 Å². The molecule has 5 nitrogen and oxygen atoms in total. The second-order valence-corrected chi connectivity index (χ2v) is 5.02. The molecule has 0 aliphatic rings. The van der Waals surface area contributed by atoms with E-state index in [1.54, 1.807) is 7.11 Å². The Bertz CT molecular complexity index is 325. The Labute approximate surface area is 110 Å². The van der Waals surface area contributed by atoms with Crippen LogP contribution in [0.2, 0.25) is 0 Å². The van der Waals surface area contributed by atoms with E-state index < -0.39 is 0 Å². The van der Waals surface area contributed by atoms with Gasteiger partial charge < -0.3 is 19.5 Å². The van der Waals surface area contributed by atoms with Crippen molar-refractivity contribution in [3.05, 3.63) is 12.4 Å². The van der Waals surface area contributed by atoms with Crippen LogP contribution in [0.1, 0.15) is 13.8 Å². The number of rotatable bonds is 9. The van der Waals surface area contributed by atoms with Crippen molar-refractivity contribution >= 4 is 5.95 Å². The molecular formula is C13H26N4O. The third-order valence-corrected chi connectivity index (χ3v) is 2.73. The molecule has 5 heteroatoms. The lowest BCUT2D eigenvalue weighted by Gasteiger charge is -2.17. The van der Waals surface area contributed by atoms with E-state index in [4.69, 9.17) is 4.74 Å². The van der Waals surface area contributed by atoms with Crippen LogP contribution in [0, 0.1) is 5.92 Å². The highest BCUT2D eigenvalue weighted by Crippen LogP contribution is 2.07. The summed E-state index contributed by atoms with van der Waals surface area (Å²) in [7, 11) is 3.83. The number of hydrogen-bond acceptors (Lipinski definition) is 4. The molecule has 0 aromatic carbocycles. The topological polar surface area (TPSA) is 42.3 Å². The molecule has 1 heterocycles. The fraction of sp³-hybridized carbons (Fsp3) is 0.769. The van der Waals surface area contributed by atoms with Crippen LogP contribution in [0.15, 0.2) is 12.4 Å². The average molecular weight is 254 g/mol. The van der Waals surface area contributed by atoms with Gasteiger partial charge in [-0.3, -0.25) is 0 Å². The van der Waals surface area contributed by atoms with Crippen molar-refractivity contribution in [1.29, 1.82) is 0 Å². The highest BCUT2D eigenvalue weighted by Gasteiger charge is 2.04. The third-order valence-electron chi connectivity index (χ3n) is 2.73. The van der Waals surface area contributed by atoms with Gasteiger partial charge in [0.2, 0.25) is 5.95 Å². The molecule has 0 unspecified atom stereocenters. The highest BCUT2D eigenvalue weighted by atomic mass is 16.5. The number of nitrogens with one attached hydrogen (secondary N) is 1. The summed E-state index contributed by atoms with van der Waals surface area (Å²) in [5.74, 6) is 1.59. The van der Waals surface area contributed by atoms with Crippen molar-refractivity contribution in [2.75, 3.05) is 45.7 Å². The summed E-state index contributed by atoms with van der Waals surface area (Å²) in [5, 5.41) is 3.38. The van der Waals surface area contributed by atoms with Gasteiger partial charge in [0.15, 0.2) is 0 Å². The zero-order valence-corrected chi connectivity index (χ0v) is 12.0. The molecule has 0 spiro atoms. The molecule has 0 atom stereocenters. The van der Waals surface area contributed by atoms with Gasteiger partial charge in [-0.15, -0.1) is 0 Å². The number of nitrogens with zero attached hydrogens (tertiary/aromatic N) is 3. The van der Waals surface area contributed by atoms with Crippen LogP contribution in [0.25, 0.3) is 0 Å². The maximum Gasteiger partial charge on any atom is 0.202 e. The largest absolute Gasteiger partial charge is 0.383 e. The first kappa shape index (κ1) is 15.0. The van der Waals surface area contributed by atoms with Crippen LogP contribution < -0.4 is 5.32 Å². The minimum absolute atomic E-state index is 0.629. The molecule has 1 aromatic heterocycles. The standard InChI is InChI=1S/C13H26N4O/c1-12(2)11-17-8-6-15-13(17)14-5-7-16(3)9-10-18-4/h6,8,12H,5,7,9-11H2,1-4H3,(H,14,15). The molecule has 0 aliphatic heterocycles. The first-order valence-electron chi connectivity index (χ1n) is 6.56. The SMILES string of the molecule is COCCN(C)CCNc1nccn1CC(C)C. The summed E-state index contributed by atoms with van der Waals surface area (Å²) in [6, 6.07) is 0. The molecule has 104 valence electrons. The number of anilines is 1. The molecule has 18 heavy (non-hydrogen) atoms. The van der Waals surface area contributed by atoms with Gasteiger partial charge in [0.1, 0.15) is 0 Å². The summed E-state index contributed by atoms with van der Waals surface area (Å²) in [5.41, 5.74) is 0. The highest BCUT2D eigenvalue weighted by molar-refractivity contribution is 5.25. The van der Waals surface area contributed by atoms with Crippen LogP contribution in [0.4, 0.5) is 5.95 Å². The van der Waals surface area contributed by atoms with Gasteiger partial charge in [0.05, 0.1) is 6.61 Å². The van der Waals surface area contributed by atoms with E-state index in [9.17, 15) is 0 Å². The molecule has 0 fully saturated rings. The molecule has 1 aromatic rings. The van der Waals surface area contributed by atoms with Gasteiger partial charge in [-0.1, -0.05) is 13.8 Å². The Hall–Kier alpha value is -1.07. The van der Waals surface area contributed by atoms with Gasteiger partial charge in [-0.05, 0) is 13.0 Å². The lowest BCUT2D eigenvalue weighted by Crippen LogP contribution is -2.28. The van der Waals surface area contributed by atoms with Crippen LogP contribution in [-0.2, 0) is 11.3 Å². The molecule has 0 amide bonds. The first-order chi connectivity index (χ1) is 8.63. The average Bonchev–Trinajstić information content (AvgIpc) is 2.73. The van der Waals surface area contributed by atoms with Gasteiger partial charge in [-0.2, -0.15) is 0 Å². The Morgan fingerprint density at radius 1 is 1.44 bits per heavy atom. The summed E-state index contributed by atoms with van der Waals surface area (Å²) in [6.07, 6.45) is 3.87. The summed E-state index contributed by atoms with van der Waals surface area (Å²) < 4.78 is 7.22. The Kier molecular flexibility index (Phi) is 6.75. The number of aromatic nitrogens is 2. The van der Waals surface area contributed by atoms with E-state index in [2.05, 4.69) is 40.7 Å². The minimum Gasteiger partial charge on any atom is -0.383 e. The second kappa shape index (κ2) is 8.11. The Morgan fingerprint density at radius 3 is 2.89 bits per heavy atom. The van der Waals surface area contributed by atoms with Gasteiger partial charge >= 0.3 is 0 Å². The zero-order chi connectivity index (χ0) is 13.4. The maximum absolute atomic E-state index is 5.05. The van der Waals surface area contributed by atoms with Crippen LogP contribution in [-0.4, -0.2) is 54.8 Å². The molecule has 1 N–H and O–H groups in total. The minimum atomic E-state index is 0.629. The summed E-state index contributed by atoms with van der Waals surface area (Å²) in [6.45, 7) is 9.04. The maximum atomic E-state index is 5.05. The lowest BCUT2D eigenvalue weighted by molar-refractivity contribution is 0.163. The predicted molar refractivity (Wildman–Crippen MR) is 74.9 cm³/mol. The second-order valence-electron chi connectivity index (χ2n) is 5.02. The van der Waals surface area contributed by atoms with Gasteiger partial charge in [-0.25, -0.2) is 4.98 Å². The van der Waals surface area contributed by atoms with E-state index in [-0.39, 0.29) is 0 Å². The van der Waals surface area contributed by atoms with Crippen LogP contribution >= 0.6 is 0 Å². The van der Waals surface area contributed by atoms with Crippen molar-refractivity contribution in [2.24, 2.45) is 5.92 Å². The Balaban J connectivity index is 2.28. The fourth-order valence-electron chi connectivity index (χ4n) is 1.73. The first-order valence-corrected chi connectivity index (χ1v) is 6.56. The number of likely N-dealkylation sites (N-methyl/N-ethyl adjacent to an activating group) is 1. The smallest absolute Gasteiger partial charge is 0.202 e. The number of imidazole rings is 1. The van der Waals surface area contributed by atoms with E-state index in [1.807, 2.05) is 12.4 Å². The monoisotopic (exact) mass is 254 g/mol. The molecule has 0 aliphatic carbocycles. The van der Waals surface area contributed by atoms with Crippen molar-refractivity contribution in [1.82, 2.24) is 14.5 Å². The number of ether oxygens (including phenoxy) is 1. The van der Waals surface area contributed by atoms with E-state index in [0.29, 0.717) is 5.92 Å². The van der Waals surface area contributed by atoms with Crippen molar-refractivity contribution < 1.29 is 4.74 Å². The molecule has 0 saturated carbocycles. The molecule has 0 saturated heterocycles. The normalized spacial score (nSPS) is 11.4. The zero-order valence-electron chi connectivity index (χ0n) is 12.0. The number of methoxy groups -OCH3 is 1. The van der Waals surface area contributed by atoms with Gasteiger partial charge in [0.25, 0.3) is 0 Å². The van der Waals surface area contributed by atoms with Crippen molar-refractivity contribution in [3.63, 3.8) is 0 Å². The molecule has 0 bridgehead atoms. The van der Waals surface area contributed by atoms with Crippen LogP contribution in [0.3, 0.4) is 0 Å². The summed E-state index contributed by atoms with van der Waals surface area (Å²) >= 11 is 0. The fourth-order valence-corrected chi connectivity index (χ4v) is 1.73. The van der Waals surface area contributed by atoms with Gasteiger partial charge in [0, 0.05) is 45.7 Å². The quantitative estimate of drug-likeness (QED) is 0.726. The van der Waals surface area contributed by atoms with E-state index in [1.165, 1.54) is 0 Å². The molecule has 0 radical (unpaired) electrons. The predicted octanol–water partition coefficient (Wildman–Crippen LogP) is 1.53. The summed E-state index contributed by atoms with van der Waals surface area (Å²) in [4.78, 5) is 6.58. The lowest BCUT2D eigenvalue weighted by atomic mass is 10.2. The van der Waals surface area contributed by atoms with E-state index in [0.717, 1.165) is 38.7 Å².